The van der Waals surface area contributed by atoms with Crippen molar-refractivity contribution >= 4 is 15.8 Å². The van der Waals surface area contributed by atoms with Gasteiger partial charge >= 0.3 is 5.97 Å². The number of carbonyl (C=O) groups excluding carboxylic acids is 1. The predicted octanol–water partition coefficient (Wildman–Crippen LogP) is 4.71. The van der Waals surface area contributed by atoms with Crippen LogP contribution in [0.1, 0.15) is 131 Å². The van der Waals surface area contributed by atoms with Gasteiger partial charge in [-0.15, -0.1) is 5.10 Å². The number of nitrogens with zero attached hydrogens (tertiary/aromatic N) is 5. The average Bonchev–Trinajstić information content (AvgIpc) is 3.82. The van der Waals surface area contributed by atoms with Crippen LogP contribution in [-0.2, 0) is 51.2 Å². The Morgan fingerprint density at radius 1 is 0.987 bits per heavy atom. The molecule has 2 aromatic rings. The van der Waals surface area contributed by atoms with E-state index in [0.29, 0.717) is 31.6 Å². The van der Waals surface area contributed by atoms with Gasteiger partial charge < -0.3 is 59.0 Å². The van der Waals surface area contributed by atoms with Crippen LogP contribution in [0.25, 0.3) is 0 Å². The Labute approximate surface area is 445 Å². The van der Waals surface area contributed by atoms with Gasteiger partial charge in [0.1, 0.15) is 36.7 Å². The van der Waals surface area contributed by atoms with Gasteiger partial charge in [0.05, 0.1) is 63.9 Å². The zero-order valence-electron chi connectivity index (χ0n) is 46.9. The number of sulfone groups is 1. The molecule has 3 aliphatic heterocycles. The van der Waals surface area contributed by atoms with E-state index in [0.717, 1.165) is 24.8 Å². The minimum Gasteiger partial charge on any atom is -0.459 e. The van der Waals surface area contributed by atoms with Crippen molar-refractivity contribution < 1.29 is 66.8 Å². The molecule has 4 fully saturated rings. The number of rotatable bonds is 16. The molecule has 19 atom stereocenters. The monoisotopic (exact) mass is 1080 g/mol. The van der Waals surface area contributed by atoms with Gasteiger partial charge in [-0.2, -0.15) is 0 Å². The molecule has 6 rings (SSSR count). The Morgan fingerprint density at radius 3 is 2.25 bits per heavy atom. The van der Waals surface area contributed by atoms with E-state index < -0.39 is 130 Å². The molecule has 1 saturated carbocycles. The predicted molar refractivity (Wildman–Crippen MR) is 280 cm³/mol. The zero-order valence-corrected chi connectivity index (χ0v) is 47.7. The highest BCUT2D eigenvalue weighted by molar-refractivity contribution is 7.91. The van der Waals surface area contributed by atoms with Crippen molar-refractivity contribution in [1.82, 2.24) is 24.8 Å². The van der Waals surface area contributed by atoms with Crippen molar-refractivity contribution in [2.75, 3.05) is 46.7 Å². The first-order chi connectivity index (χ1) is 35.1. The van der Waals surface area contributed by atoms with E-state index in [1.54, 1.807) is 72.0 Å². The zero-order chi connectivity index (χ0) is 55.5. The fourth-order valence-corrected chi connectivity index (χ4v) is 14.4. The summed E-state index contributed by atoms with van der Waals surface area (Å²) in [6.45, 7) is 17.9. The van der Waals surface area contributed by atoms with Crippen molar-refractivity contribution in [3.8, 4) is 0 Å². The van der Waals surface area contributed by atoms with Gasteiger partial charge in [-0.1, -0.05) is 51.5 Å². The van der Waals surface area contributed by atoms with Gasteiger partial charge in [0.2, 0.25) is 0 Å². The number of benzene rings is 1. The van der Waals surface area contributed by atoms with E-state index in [1.807, 2.05) is 44.7 Å². The molecule has 0 spiro atoms. The number of hydrogen-bond acceptors (Lipinski definition) is 17. The second-order valence-corrected chi connectivity index (χ2v) is 26.0. The van der Waals surface area contributed by atoms with Gasteiger partial charge in [-0.25, -0.2) is 17.5 Å². The Kier molecular flexibility index (Phi) is 20.6. The molecule has 0 bridgehead atoms. The summed E-state index contributed by atoms with van der Waals surface area (Å²) in [6.07, 6.45) is -2.44. The number of esters is 1. The van der Waals surface area contributed by atoms with E-state index in [2.05, 4.69) is 10.3 Å². The maximum Gasteiger partial charge on any atom is 0.309 e. The molecule has 0 amide bonds. The van der Waals surface area contributed by atoms with Gasteiger partial charge in [-0.3, -0.25) is 4.79 Å². The van der Waals surface area contributed by atoms with Gasteiger partial charge in [0.15, 0.2) is 16.1 Å². The molecule has 1 aliphatic carbocycles. The molecular formula is C55H92FN5O13S. The third kappa shape index (κ3) is 14.2. The first kappa shape index (κ1) is 61.5. The van der Waals surface area contributed by atoms with E-state index in [9.17, 15) is 43.1 Å². The number of alkyl halides is 1. The number of methoxy groups -OCH3 is 1. The highest BCUT2D eigenvalue weighted by Gasteiger charge is 2.55. The summed E-state index contributed by atoms with van der Waals surface area (Å²) in [5.74, 6) is -2.92. The first-order valence-corrected chi connectivity index (χ1v) is 29.1. The molecule has 428 valence electrons. The summed E-state index contributed by atoms with van der Waals surface area (Å²) in [5.41, 5.74) is -3.14. The van der Waals surface area contributed by atoms with Gasteiger partial charge in [-0.05, 0) is 130 Å². The molecule has 4 heterocycles. The lowest BCUT2D eigenvalue weighted by Crippen LogP contribution is -2.62. The van der Waals surface area contributed by atoms with E-state index in [1.165, 1.54) is 18.7 Å². The van der Waals surface area contributed by atoms with E-state index >= 15 is 0 Å². The summed E-state index contributed by atoms with van der Waals surface area (Å²) in [4.78, 5) is 18.8. The second-order valence-electron chi connectivity index (χ2n) is 23.9. The quantitative estimate of drug-likeness (QED) is 0.143. The Morgan fingerprint density at radius 2 is 1.65 bits per heavy atom. The SMILES string of the molecule is CC[C@H]1OC(=O)[C@H](C)[C@@H](C2C[C@@](C)(OC)[C@@H](O)[C@H](C)O2)[C@H](C)[C@@H](O[C@@H]2O[C@H](C)C[C@H](N(C)CCc3cn([C@H](CF)Cc4ccc(S(=O)(=O)CC5CCC5)cc4)nn3)[C@H]2O)[C@](C)(O)C[C@@H](C)CN(C)[C@H](C)[C@@H](O)[C@]1(C)O. The third-order valence-corrected chi connectivity index (χ3v) is 19.6. The van der Waals surface area contributed by atoms with Crippen LogP contribution in [0.2, 0.25) is 0 Å². The van der Waals surface area contributed by atoms with Crippen LogP contribution in [0.3, 0.4) is 0 Å². The van der Waals surface area contributed by atoms with E-state index in [4.69, 9.17) is 23.7 Å². The molecule has 1 aromatic carbocycles. The van der Waals surface area contributed by atoms with Crippen LogP contribution in [0.15, 0.2) is 35.4 Å². The van der Waals surface area contributed by atoms with Crippen LogP contribution in [0.4, 0.5) is 4.39 Å². The number of aliphatic hydroxyl groups excluding tert-OH is 3. The summed E-state index contributed by atoms with van der Waals surface area (Å²) in [5, 5.41) is 68.8. The lowest BCUT2D eigenvalue weighted by molar-refractivity contribution is -0.302. The standard InChI is InChI=1S/C55H92FN5O13S/c1-14-45-55(10,67)48(63)36(6)60(12)29-32(2)26-53(8,66)50(34(4)46(35(5)51(65)73-45)44-27-54(9,70-13)49(64)37(7)72-44)74-52-47(62)43(24-33(3)71-52)59(11)23-22-40-30-61(58-57-40)41(28-56)25-38-18-20-42(21-19-38)75(68,69)31-39-16-15-17-39/h18-21,30,32-37,39,41,43-50,52,62-64,66-67H,14-17,22-29,31H2,1-13H3/t32-,33-,34+,35-,36-,37+,41+,43+,44?,45-,46+,47-,48-,49+,50-,52+,53-,54-,55-/m1/s1. The number of aromatic nitrogens is 3. The Bertz CT molecular complexity index is 2250. The summed E-state index contributed by atoms with van der Waals surface area (Å²) in [6, 6.07) is 4.95. The molecule has 3 saturated heterocycles. The fourth-order valence-electron chi connectivity index (χ4n) is 12.7. The lowest BCUT2D eigenvalue weighted by atomic mass is 9.68. The topological polar surface area (TPSA) is 236 Å². The Hall–Kier alpha value is -2.73. The minimum absolute atomic E-state index is 0.151. The number of halogens is 1. The van der Waals surface area contributed by atoms with Crippen molar-refractivity contribution in [2.24, 2.45) is 29.6 Å². The van der Waals surface area contributed by atoms with Crippen molar-refractivity contribution in [3.63, 3.8) is 0 Å². The van der Waals surface area contributed by atoms with Crippen LogP contribution in [-0.4, -0.2) is 195 Å². The largest absolute Gasteiger partial charge is 0.459 e. The van der Waals surface area contributed by atoms with Crippen LogP contribution >= 0.6 is 0 Å². The number of ether oxygens (including phenoxy) is 5. The Balaban J connectivity index is 1.23. The highest BCUT2D eigenvalue weighted by Crippen LogP contribution is 2.45. The molecule has 1 unspecified atom stereocenters. The maximum absolute atomic E-state index is 14.6. The third-order valence-electron chi connectivity index (χ3n) is 17.7. The lowest BCUT2D eigenvalue weighted by Gasteiger charge is -2.51. The number of likely N-dealkylation sites (N-methyl/N-ethyl adjacent to an activating group) is 2. The highest BCUT2D eigenvalue weighted by atomic mass is 32.2. The van der Waals surface area contributed by atoms with Crippen molar-refractivity contribution in [1.29, 1.82) is 0 Å². The van der Waals surface area contributed by atoms with Crippen LogP contribution in [0.5, 0.6) is 0 Å². The maximum atomic E-state index is 14.6. The normalized spacial score (nSPS) is 39.8. The minimum atomic E-state index is -3.39. The van der Waals surface area contributed by atoms with Crippen molar-refractivity contribution in [3.05, 3.63) is 41.7 Å². The molecule has 1 aromatic heterocycles. The van der Waals surface area contributed by atoms with Gasteiger partial charge in [0, 0.05) is 57.2 Å². The van der Waals surface area contributed by atoms with Crippen LogP contribution in [0, 0.1) is 29.6 Å². The molecule has 18 nitrogen and oxygen atoms in total. The molecule has 0 radical (unpaired) electrons. The molecule has 5 N–H and O–H groups in total. The molecule has 4 aliphatic rings. The number of carbonyl (C=O) groups is 1. The fraction of sp³-hybridized carbons (Fsp3) is 0.836. The van der Waals surface area contributed by atoms with E-state index in [-0.39, 0.29) is 48.2 Å². The number of hydrogen-bond donors (Lipinski definition) is 5. The summed E-state index contributed by atoms with van der Waals surface area (Å²) < 4.78 is 74.1. The molecule has 20 heteroatoms. The summed E-state index contributed by atoms with van der Waals surface area (Å²) in [7, 11) is 1.85. The molecular weight excluding hydrogens is 990 g/mol. The average molecular weight is 1080 g/mol. The first-order valence-electron chi connectivity index (χ1n) is 27.5. The number of cyclic esters (lactones) is 1. The van der Waals surface area contributed by atoms with Crippen LogP contribution < -0.4 is 0 Å². The smallest absolute Gasteiger partial charge is 0.309 e. The number of aliphatic hydroxyl groups is 5. The second kappa shape index (κ2) is 25.2. The molecule has 75 heavy (non-hydrogen) atoms. The summed E-state index contributed by atoms with van der Waals surface area (Å²) >= 11 is 0. The van der Waals surface area contributed by atoms with Crippen molar-refractivity contribution in [2.45, 2.75) is 222 Å². The van der Waals surface area contributed by atoms with Gasteiger partial charge in [0.25, 0.3) is 0 Å².